The number of benzene rings is 3. The van der Waals surface area contributed by atoms with Crippen LogP contribution in [0.4, 0.5) is 0 Å². The molecule has 1 aliphatic heterocycles. The quantitative estimate of drug-likeness (QED) is 0.315. The lowest BCUT2D eigenvalue weighted by Crippen LogP contribution is -2.51. The zero-order valence-electron chi connectivity index (χ0n) is 22.2. The molecule has 200 valence electrons. The second-order valence-corrected chi connectivity index (χ2v) is 9.78. The Balaban J connectivity index is 1.61. The molecule has 1 unspecified atom stereocenters. The van der Waals surface area contributed by atoms with E-state index < -0.39 is 41.8 Å². The number of hydrogen-bond acceptors (Lipinski definition) is 8. The average molecular weight is 528 g/mol. The fraction of sp³-hybridized carbons (Fsp3) is 0.290. The van der Waals surface area contributed by atoms with Crippen LogP contribution in [-0.4, -0.2) is 48.4 Å². The lowest BCUT2D eigenvalue weighted by Gasteiger charge is -2.32. The van der Waals surface area contributed by atoms with Gasteiger partial charge in [0.25, 0.3) is 0 Å². The van der Waals surface area contributed by atoms with Gasteiger partial charge in [0.15, 0.2) is 17.8 Å². The molecule has 8 nitrogen and oxygen atoms in total. The standard InChI is InChI=1S/C31H29NO7/c1-19-5-11-22(12-6-19)28(33)36-18-25-27(38-29(34)23-13-7-20(2)8-14-23)31(4,26(17-32)37-25)39-30(35)24-15-9-21(3)10-16-24/h5-16,25-27H,18H2,1-4H3/t25?,26-,27+,31-/m0/s1. The van der Waals surface area contributed by atoms with Crippen LogP contribution in [0.2, 0.25) is 0 Å². The van der Waals surface area contributed by atoms with Crippen LogP contribution in [-0.2, 0) is 18.9 Å². The lowest BCUT2D eigenvalue weighted by atomic mass is 9.92. The predicted molar refractivity (Wildman–Crippen MR) is 141 cm³/mol. The minimum Gasteiger partial charge on any atom is -0.459 e. The molecule has 1 fully saturated rings. The topological polar surface area (TPSA) is 112 Å². The summed E-state index contributed by atoms with van der Waals surface area (Å²) in [6.07, 6.45) is -3.63. The second kappa shape index (κ2) is 11.5. The van der Waals surface area contributed by atoms with Gasteiger partial charge in [-0.2, -0.15) is 5.26 Å². The third-order valence-electron chi connectivity index (χ3n) is 6.64. The first-order valence-electron chi connectivity index (χ1n) is 12.5. The minimum absolute atomic E-state index is 0.261. The number of hydrogen-bond donors (Lipinski definition) is 0. The zero-order chi connectivity index (χ0) is 28.2. The van der Waals surface area contributed by atoms with Crippen LogP contribution in [0.3, 0.4) is 0 Å². The molecule has 4 rings (SSSR count). The van der Waals surface area contributed by atoms with E-state index in [1.807, 2.05) is 26.8 Å². The Labute approximate surface area is 227 Å². The van der Waals surface area contributed by atoms with Crippen molar-refractivity contribution in [1.82, 2.24) is 0 Å². The first-order valence-corrected chi connectivity index (χ1v) is 12.5. The average Bonchev–Trinajstić information content (AvgIpc) is 3.18. The molecule has 1 saturated heterocycles. The Kier molecular flexibility index (Phi) is 8.12. The van der Waals surface area contributed by atoms with E-state index in [0.29, 0.717) is 5.56 Å². The Morgan fingerprint density at radius 2 is 1.21 bits per heavy atom. The fourth-order valence-electron chi connectivity index (χ4n) is 4.24. The van der Waals surface area contributed by atoms with Gasteiger partial charge in [-0.05, 0) is 64.1 Å². The van der Waals surface area contributed by atoms with Gasteiger partial charge in [0.1, 0.15) is 12.7 Å². The van der Waals surface area contributed by atoms with Gasteiger partial charge in [0, 0.05) is 0 Å². The molecule has 8 heteroatoms. The molecule has 0 aromatic heterocycles. The zero-order valence-corrected chi connectivity index (χ0v) is 22.2. The Hall–Kier alpha value is -4.48. The van der Waals surface area contributed by atoms with Crippen LogP contribution >= 0.6 is 0 Å². The van der Waals surface area contributed by atoms with Crippen molar-refractivity contribution in [3.05, 3.63) is 106 Å². The van der Waals surface area contributed by atoms with Crippen molar-refractivity contribution in [2.24, 2.45) is 0 Å². The van der Waals surface area contributed by atoms with Crippen molar-refractivity contribution in [3.63, 3.8) is 0 Å². The van der Waals surface area contributed by atoms with Gasteiger partial charge >= 0.3 is 17.9 Å². The van der Waals surface area contributed by atoms with E-state index in [1.54, 1.807) is 72.8 Å². The van der Waals surface area contributed by atoms with E-state index in [4.69, 9.17) is 18.9 Å². The van der Waals surface area contributed by atoms with Crippen molar-refractivity contribution in [1.29, 1.82) is 5.26 Å². The van der Waals surface area contributed by atoms with Crippen LogP contribution in [0.5, 0.6) is 0 Å². The maximum atomic E-state index is 13.1. The molecule has 3 aromatic rings. The summed E-state index contributed by atoms with van der Waals surface area (Å²) < 4.78 is 23.0. The van der Waals surface area contributed by atoms with E-state index in [9.17, 15) is 19.6 Å². The molecule has 0 amide bonds. The Bertz CT molecular complexity index is 1390. The largest absolute Gasteiger partial charge is 0.459 e. The van der Waals surface area contributed by atoms with E-state index in [-0.39, 0.29) is 17.7 Å². The molecule has 4 atom stereocenters. The highest BCUT2D eigenvalue weighted by Crippen LogP contribution is 2.38. The number of nitrogens with zero attached hydrogens (tertiary/aromatic N) is 1. The van der Waals surface area contributed by atoms with Gasteiger partial charge in [-0.1, -0.05) is 53.1 Å². The first-order chi connectivity index (χ1) is 18.6. The molecule has 0 bridgehead atoms. The molecule has 39 heavy (non-hydrogen) atoms. The summed E-state index contributed by atoms with van der Waals surface area (Å²) in [5, 5.41) is 9.91. The molecular weight excluding hydrogens is 498 g/mol. The highest BCUT2D eigenvalue weighted by atomic mass is 16.7. The highest BCUT2D eigenvalue weighted by Gasteiger charge is 2.60. The summed E-state index contributed by atoms with van der Waals surface area (Å²) in [6.45, 7) is 6.80. The van der Waals surface area contributed by atoms with Crippen molar-refractivity contribution < 1.29 is 33.3 Å². The van der Waals surface area contributed by atoms with E-state index in [1.165, 1.54) is 6.92 Å². The maximum absolute atomic E-state index is 13.1. The summed E-state index contributed by atoms with van der Waals surface area (Å²) in [4.78, 5) is 38.9. The van der Waals surface area contributed by atoms with Crippen LogP contribution in [0.1, 0.15) is 54.7 Å². The second-order valence-electron chi connectivity index (χ2n) is 9.78. The van der Waals surface area contributed by atoms with Crippen LogP contribution in [0, 0.1) is 32.1 Å². The van der Waals surface area contributed by atoms with Gasteiger partial charge in [0.2, 0.25) is 0 Å². The monoisotopic (exact) mass is 527 g/mol. The van der Waals surface area contributed by atoms with Gasteiger partial charge in [0.05, 0.1) is 22.8 Å². The van der Waals surface area contributed by atoms with Gasteiger partial charge in [-0.25, -0.2) is 14.4 Å². The fourth-order valence-corrected chi connectivity index (χ4v) is 4.24. The number of ether oxygens (including phenoxy) is 4. The number of carbonyl (C=O) groups excluding carboxylic acids is 3. The summed E-state index contributed by atoms with van der Waals surface area (Å²) >= 11 is 0. The summed E-state index contributed by atoms with van der Waals surface area (Å²) in [5.41, 5.74) is 2.06. The van der Waals surface area contributed by atoms with Crippen molar-refractivity contribution >= 4 is 17.9 Å². The number of rotatable bonds is 7. The molecule has 0 aliphatic carbocycles. The van der Waals surface area contributed by atoms with Gasteiger partial charge in [-0.15, -0.1) is 0 Å². The van der Waals surface area contributed by atoms with Crippen LogP contribution < -0.4 is 0 Å². The first kappa shape index (κ1) is 27.6. The Morgan fingerprint density at radius 1 is 0.769 bits per heavy atom. The van der Waals surface area contributed by atoms with E-state index >= 15 is 0 Å². The van der Waals surface area contributed by atoms with Gasteiger partial charge < -0.3 is 18.9 Å². The summed E-state index contributed by atoms with van der Waals surface area (Å²) in [7, 11) is 0. The SMILES string of the molecule is Cc1ccc(C(=O)OCC2O[C@@H](C#N)[C@](C)(OC(=O)c3ccc(C)cc3)[C@@H]2OC(=O)c2ccc(C)cc2)cc1. The van der Waals surface area contributed by atoms with E-state index in [0.717, 1.165) is 16.7 Å². The van der Waals surface area contributed by atoms with Crippen LogP contribution in [0.15, 0.2) is 72.8 Å². The third kappa shape index (κ3) is 6.16. The number of esters is 3. The number of nitriles is 1. The summed E-state index contributed by atoms with van der Waals surface area (Å²) in [6, 6.07) is 22.3. The maximum Gasteiger partial charge on any atom is 0.338 e. The van der Waals surface area contributed by atoms with Crippen molar-refractivity contribution in [2.45, 2.75) is 51.6 Å². The number of aryl methyl sites for hydroxylation is 3. The Morgan fingerprint density at radius 3 is 1.67 bits per heavy atom. The van der Waals surface area contributed by atoms with Crippen LogP contribution in [0.25, 0.3) is 0 Å². The summed E-state index contributed by atoms with van der Waals surface area (Å²) in [5.74, 6) is -2.02. The minimum atomic E-state index is -1.70. The molecule has 0 spiro atoms. The normalized spacial score (nSPS) is 22.0. The third-order valence-corrected chi connectivity index (χ3v) is 6.64. The van der Waals surface area contributed by atoms with Crippen molar-refractivity contribution in [2.75, 3.05) is 6.61 Å². The van der Waals surface area contributed by atoms with Gasteiger partial charge in [-0.3, -0.25) is 0 Å². The lowest BCUT2D eigenvalue weighted by molar-refractivity contribution is -0.0804. The predicted octanol–water partition coefficient (Wildman–Crippen LogP) is 4.90. The smallest absolute Gasteiger partial charge is 0.338 e. The molecular formula is C31H29NO7. The molecule has 1 heterocycles. The molecule has 0 saturated carbocycles. The molecule has 1 aliphatic rings. The molecule has 0 radical (unpaired) electrons. The molecule has 3 aromatic carbocycles. The molecule has 0 N–H and O–H groups in total. The van der Waals surface area contributed by atoms with E-state index in [2.05, 4.69) is 0 Å². The van der Waals surface area contributed by atoms with Crippen molar-refractivity contribution in [3.8, 4) is 6.07 Å². The number of carbonyl (C=O) groups is 3. The highest BCUT2D eigenvalue weighted by molar-refractivity contribution is 5.91.